The molecule has 0 aliphatic carbocycles. The Hall–Kier alpha value is -2.57. The first-order chi connectivity index (χ1) is 15.8. The molecule has 2 aromatic rings. The smallest absolute Gasteiger partial charge is 0.370 e. The van der Waals surface area contributed by atoms with Crippen LogP contribution in [-0.4, -0.2) is 44.0 Å². The molecule has 0 spiro atoms. The Bertz CT molecular complexity index is 1010. The second-order valence-corrected chi connectivity index (χ2v) is 9.85. The van der Waals surface area contributed by atoms with Gasteiger partial charge in [0.25, 0.3) is 0 Å². The van der Waals surface area contributed by atoms with Crippen LogP contribution in [0.5, 0.6) is 0 Å². The highest BCUT2D eigenvalue weighted by atomic mass is 32.1. The number of amides is 1. The molecular weight excluding hydrogens is 449 g/mol. The number of likely N-dealkylation sites (tertiary alicyclic amines) is 1. The predicted octanol–water partition coefficient (Wildman–Crippen LogP) is 4.35. The van der Waals surface area contributed by atoms with Crippen LogP contribution in [0.4, 0.5) is 18.9 Å². The molecule has 5 nitrogen and oxygen atoms in total. The number of benzene rings is 1. The Balaban J connectivity index is 1.49. The lowest BCUT2D eigenvalue weighted by Gasteiger charge is -2.36. The van der Waals surface area contributed by atoms with Crippen molar-refractivity contribution < 1.29 is 18.0 Å². The zero-order valence-corrected chi connectivity index (χ0v) is 19.3. The highest BCUT2D eigenvalue weighted by Crippen LogP contribution is 2.40. The number of piperidine rings is 1. The van der Waals surface area contributed by atoms with Crippen LogP contribution in [0.1, 0.15) is 28.8 Å². The van der Waals surface area contributed by atoms with Gasteiger partial charge in [-0.3, -0.25) is 9.69 Å². The minimum atomic E-state index is -4.60. The van der Waals surface area contributed by atoms with Gasteiger partial charge in [-0.05, 0) is 67.4 Å². The van der Waals surface area contributed by atoms with E-state index in [9.17, 15) is 18.0 Å². The quantitative estimate of drug-likeness (QED) is 0.697. The number of nitrogens with one attached hydrogen (secondary N) is 1. The Kier molecular flexibility index (Phi) is 6.96. The maximum atomic E-state index is 13.5. The molecule has 4 rings (SSSR count). The molecule has 1 N–H and O–H groups in total. The highest BCUT2D eigenvalue weighted by Gasteiger charge is 2.43. The van der Waals surface area contributed by atoms with Gasteiger partial charge in [-0.25, -0.2) is 0 Å². The van der Waals surface area contributed by atoms with Gasteiger partial charge in [0.15, 0.2) is 0 Å². The lowest BCUT2D eigenvalue weighted by Crippen LogP contribution is -2.40. The molecule has 9 heteroatoms. The van der Waals surface area contributed by atoms with Gasteiger partial charge in [0.1, 0.15) is 0 Å². The Morgan fingerprint density at radius 1 is 1.24 bits per heavy atom. The standard InChI is InChI=1S/C24H27F3N4OS/c1-29-23(32)21-15-31(18-5-4-17(12-28)22(11-18)24(25,26)27)14-20(21)16-6-8-30(9-7-16)13-19-3-2-10-33-19/h2-5,10-11,16,20-21H,6-9,13-15H2,1H3,(H,29,32)/t20-,21+/m0/s1. The first kappa shape index (κ1) is 23.6. The van der Waals surface area contributed by atoms with E-state index in [0.29, 0.717) is 24.7 Å². The lowest BCUT2D eigenvalue weighted by atomic mass is 9.78. The third kappa shape index (κ3) is 5.17. The maximum absolute atomic E-state index is 13.5. The highest BCUT2D eigenvalue weighted by molar-refractivity contribution is 7.09. The third-order valence-electron chi connectivity index (χ3n) is 6.94. The minimum absolute atomic E-state index is 0.0618. The summed E-state index contributed by atoms with van der Waals surface area (Å²) in [4.78, 5) is 18.3. The van der Waals surface area contributed by atoms with Crippen molar-refractivity contribution in [3.8, 4) is 6.07 Å². The van der Waals surface area contributed by atoms with Crippen LogP contribution in [0.25, 0.3) is 0 Å². The number of rotatable bonds is 5. The number of hydrogen-bond acceptors (Lipinski definition) is 5. The van der Waals surface area contributed by atoms with Crippen LogP contribution in [0.3, 0.4) is 0 Å². The molecule has 0 unspecified atom stereocenters. The first-order valence-electron chi connectivity index (χ1n) is 11.1. The molecule has 1 aromatic carbocycles. The molecule has 33 heavy (non-hydrogen) atoms. The van der Waals surface area contributed by atoms with E-state index in [-0.39, 0.29) is 23.3 Å². The molecule has 2 atom stereocenters. The van der Waals surface area contributed by atoms with E-state index >= 15 is 0 Å². The fourth-order valence-electron chi connectivity index (χ4n) is 5.20. The summed E-state index contributed by atoms with van der Waals surface area (Å²) in [6.07, 6.45) is -2.66. The average molecular weight is 477 g/mol. The first-order valence-corrected chi connectivity index (χ1v) is 12.0. The molecular formula is C24H27F3N4OS. The fourth-order valence-corrected chi connectivity index (χ4v) is 5.95. The number of thiophene rings is 1. The van der Waals surface area contributed by atoms with Crippen molar-refractivity contribution >= 4 is 22.9 Å². The number of anilines is 1. The van der Waals surface area contributed by atoms with Crippen molar-refractivity contribution in [2.24, 2.45) is 17.8 Å². The molecule has 1 amide bonds. The topological polar surface area (TPSA) is 59.4 Å². The zero-order valence-electron chi connectivity index (χ0n) is 18.4. The zero-order chi connectivity index (χ0) is 23.6. The van der Waals surface area contributed by atoms with Crippen molar-refractivity contribution in [1.29, 1.82) is 5.26 Å². The number of alkyl halides is 3. The number of carbonyl (C=O) groups is 1. The van der Waals surface area contributed by atoms with Gasteiger partial charge < -0.3 is 10.2 Å². The number of nitriles is 1. The molecule has 2 fully saturated rings. The van der Waals surface area contributed by atoms with E-state index in [2.05, 4.69) is 27.7 Å². The number of hydrogen-bond donors (Lipinski definition) is 1. The van der Waals surface area contributed by atoms with Crippen molar-refractivity contribution in [2.45, 2.75) is 25.6 Å². The molecule has 3 heterocycles. The van der Waals surface area contributed by atoms with Gasteiger partial charge in [-0.2, -0.15) is 18.4 Å². The molecule has 176 valence electrons. The van der Waals surface area contributed by atoms with E-state index in [1.165, 1.54) is 10.9 Å². The van der Waals surface area contributed by atoms with Crippen LogP contribution < -0.4 is 10.2 Å². The normalized spacial score (nSPS) is 22.3. The third-order valence-corrected chi connectivity index (χ3v) is 7.80. The summed E-state index contributed by atoms with van der Waals surface area (Å²) in [5.41, 5.74) is -0.903. The second kappa shape index (κ2) is 9.74. The molecule has 0 radical (unpaired) electrons. The summed E-state index contributed by atoms with van der Waals surface area (Å²) < 4.78 is 40.4. The van der Waals surface area contributed by atoms with Gasteiger partial charge in [0.05, 0.1) is 23.1 Å². The summed E-state index contributed by atoms with van der Waals surface area (Å²) in [5.74, 6) is 0.0956. The summed E-state index contributed by atoms with van der Waals surface area (Å²) in [6.45, 7) is 3.76. The summed E-state index contributed by atoms with van der Waals surface area (Å²) in [5, 5.41) is 13.9. The van der Waals surface area contributed by atoms with E-state index in [1.54, 1.807) is 30.5 Å². The Morgan fingerprint density at radius 2 is 2.00 bits per heavy atom. The van der Waals surface area contributed by atoms with E-state index in [0.717, 1.165) is 38.5 Å². The fraction of sp³-hybridized carbons (Fsp3) is 0.500. The van der Waals surface area contributed by atoms with E-state index in [4.69, 9.17) is 5.26 Å². The van der Waals surface area contributed by atoms with Crippen molar-refractivity contribution in [2.75, 3.05) is 38.1 Å². The number of nitrogens with zero attached hydrogens (tertiary/aromatic N) is 3. The van der Waals surface area contributed by atoms with E-state index < -0.39 is 11.7 Å². The molecule has 1 aromatic heterocycles. The van der Waals surface area contributed by atoms with Gasteiger partial charge >= 0.3 is 6.18 Å². The number of carbonyl (C=O) groups excluding carboxylic acids is 1. The SMILES string of the molecule is CNC(=O)[C@@H]1CN(c2ccc(C#N)c(C(F)(F)F)c2)C[C@H]1C1CCN(Cc2cccs2)CC1. The molecule has 0 bridgehead atoms. The Morgan fingerprint density at radius 3 is 2.61 bits per heavy atom. The van der Waals surface area contributed by atoms with Crippen LogP contribution in [0.2, 0.25) is 0 Å². The van der Waals surface area contributed by atoms with Gasteiger partial charge in [0, 0.05) is 37.2 Å². The molecule has 2 aliphatic heterocycles. The van der Waals surface area contributed by atoms with Crippen molar-refractivity contribution in [1.82, 2.24) is 10.2 Å². The van der Waals surface area contributed by atoms with Crippen LogP contribution in [0, 0.1) is 29.1 Å². The van der Waals surface area contributed by atoms with Gasteiger partial charge in [-0.1, -0.05) is 6.07 Å². The second-order valence-electron chi connectivity index (χ2n) is 8.82. The Labute approximate surface area is 195 Å². The summed E-state index contributed by atoms with van der Waals surface area (Å²) >= 11 is 1.75. The minimum Gasteiger partial charge on any atom is -0.370 e. The van der Waals surface area contributed by atoms with Crippen LogP contribution in [-0.2, 0) is 17.5 Å². The summed E-state index contributed by atoms with van der Waals surface area (Å²) in [7, 11) is 1.61. The van der Waals surface area contributed by atoms with E-state index in [1.807, 2.05) is 4.90 Å². The molecule has 2 aliphatic rings. The summed E-state index contributed by atoms with van der Waals surface area (Å²) in [6, 6.07) is 9.65. The van der Waals surface area contributed by atoms with Crippen LogP contribution >= 0.6 is 11.3 Å². The molecule has 2 saturated heterocycles. The average Bonchev–Trinajstić information content (AvgIpc) is 3.48. The van der Waals surface area contributed by atoms with Gasteiger partial charge in [-0.15, -0.1) is 11.3 Å². The number of halogens is 3. The predicted molar refractivity (Wildman–Crippen MR) is 122 cm³/mol. The van der Waals surface area contributed by atoms with Crippen molar-refractivity contribution in [3.63, 3.8) is 0 Å². The lowest BCUT2D eigenvalue weighted by molar-refractivity contribution is -0.137. The van der Waals surface area contributed by atoms with Crippen molar-refractivity contribution in [3.05, 3.63) is 51.7 Å². The largest absolute Gasteiger partial charge is 0.417 e. The molecule has 0 saturated carbocycles. The van der Waals surface area contributed by atoms with Crippen LogP contribution in [0.15, 0.2) is 35.7 Å². The monoisotopic (exact) mass is 476 g/mol. The maximum Gasteiger partial charge on any atom is 0.417 e. The van der Waals surface area contributed by atoms with Gasteiger partial charge in [0.2, 0.25) is 5.91 Å².